The first kappa shape index (κ1) is 15.5. The maximum atomic E-state index is 5.49. The van der Waals surface area contributed by atoms with Crippen LogP contribution in [0.25, 0.3) is 0 Å². The van der Waals surface area contributed by atoms with Gasteiger partial charge in [0.15, 0.2) is 5.11 Å². The van der Waals surface area contributed by atoms with Crippen LogP contribution >= 0.6 is 12.2 Å². The van der Waals surface area contributed by atoms with Crippen LogP contribution in [0.4, 0.5) is 5.69 Å². The minimum Gasteiger partial charge on any atom is -0.346 e. The Morgan fingerprint density at radius 1 is 1.33 bits per heavy atom. The number of hydrogen-bond donors (Lipinski definition) is 1. The molecule has 0 radical (unpaired) electrons. The number of hydrogen-bond acceptors (Lipinski definition) is 2. The van der Waals surface area contributed by atoms with Crippen LogP contribution in [0.3, 0.4) is 0 Å². The highest BCUT2D eigenvalue weighted by Crippen LogP contribution is 2.17. The van der Waals surface area contributed by atoms with Gasteiger partial charge in [0, 0.05) is 25.5 Å². The lowest BCUT2D eigenvalue weighted by Crippen LogP contribution is -2.31. The Hall–Kier alpha value is -1.88. The highest BCUT2D eigenvalue weighted by Gasteiger charge is 2.09. The molecule has 1 aromatic carbocycles. The number of rotatable bonds is 4. The number of thiocarbonyl (C=S) groups is 1. The molecule has 1 heterocycles. The maximum Gasteiger partial charge on any atom is 0.173 e. The number of nitrogens with one attached hydrogen (secondary N) is 1. The summed E-state index contributed by atoms with van der Waals surface area (Å²) in [6.45, 7) is 7.87. The molecule has 0 unspecified atom stereocenters. The average Bonchev–Trinajstić information content (AvgIpc) is 2.89. The van der Waals surface area contributed by atoms with Crippen molar-refractivity contribution >= 4 is 23.0 Å². The van der Waals surface area contributed by atoms with Crippen LogP contribution in [0.15, 0.2) is 30.5 Å². The van der Waals surface area contributed by atoms with Crippen LogP contribution in [0, 0.1) is 13.8 Å². The number of nitrogens with zero attached hydrogens (tertiary/aromatic N) is 3. The van der Waals surface area contributed by atoms with Gasteiger partial charge in [-0.25, -0.2) is 0 Å². The van der Waals surface area contributed by atoms with Gasteiger partial charge < -0.3 is 10.2 Å². The Morgan fingerprint density at radius 3 is 2.76 bits per heavy atom. The molecule has 5 heteroatoms. The van der Waals surface area contributed by atoms with Crippen LogP contribution in [-0.4, -0.2) is 26.8 Å². The lowest BCUT2D eigenvalue weighted by molar-refractivity contribution is 0.471. The summed E-state index contributed by atoms with van der Waals surface area (Å²) in [5.74, 6) is 0. The van der Waals surface area contributed by atoms with E-state index in [0.29, 0.717) is 5.11 Å². The minimum atomic E-state index is 0.714. The lowest BCUT2D eigenvalue weighted by atomic mass is 10.1. The highest BCUT2D eigenvalue weighted by atomic mass is 32.1. The molecule has 0 spiro atoms. The van der Waals surface area contributed by atoms with Crippen molar-refractivity contribution in [3.8, 4) is 0 Å². The largest absolute Gasteiger partial charge is 0.346 e. The zero-order valence-corrected chi connectivity index (χ0v) is 13.9. The standard InChI is InChI=1S/C16H22N4S/c1-5-20-14(8-9-17-20)11-19(4)16(21)18-15-7-6-12(2)10-13(15)3/h6-10H,5,11H2,1-4H3,(H,18,21). The molecule has 4 nitrogen and oxygen atoms in total. The number of anilines is 1. The third kappa shape index (κ3) is 3.82. The zero-order valence-electron chi connectivity index (χ0n) is 13.1. The predicted octanol–water partition coefficient (Wildman–Crippen LogP) is 3.35. The third-order valence-electron chi connectivity index (χ3n) is 3.47. The molecule has 0 aliphatic rings. The van der Waals surface area contributed by atoms with E-state index in [9.17, 15) is 0 Å². The summed E-state index contributed by atoms with van der Waals surface area (Å²) in [5.41, 5.74) is 4.67. The van der Waals surface area contributed by atoms with Crippen molar-refractivity contribution in [2.75, 3.05) is 12.4 Å². The van der Waals surface area contributed by atoms with Crippen LogP contribution in [-0.2, 0) is 13.1 Å². The van der Waals surface area contributed by atoms with Crippen LogP contribution in [0.2, 0.25) is 0 Å². The van der Waals surface area contributed by atoms with Gasteiger partial charge in [0.25, 0.3) is 0 Å². The second-order valence-corrected chi connectivity index (χ2v) is 5.63. The van der Waals surface area contributed by atoms with Crippen molar-refractivity contribution in [3.63, 3.8) is 0 Å². The van der Waals surface area contributed by atoms with Crippen LogP contribution < -0.4 is 5.32 Å². The summed E-state index contributed by atoms with van der Waals surface area (Å²) in [4.78, 5) is 2.03. The fraction of sp³-hybridized carbons (Fsp3) is 0.375. The molecule has 21 heavy (non-hydrogen) atoms. The van der Waals surface area contributed by atoms with Gasteiger partial charge in [0.2, 0.25) is 0 Å². The quantitative estimate of drug-likeness (QED) is 0.878. The second kappa shape index (κ2) is 6.72. The monoisotopic (exact) mass is 302 g/mol. The Morgan fingerprint density at radius 2 is 2.10 bits per heavy atom. The summed E-state index contributed by atoms with van der Waals surface area (Å²) in [7, 11) is 1.99. The third-order valence-corrected chi connectivity index (χ3v) is 3.89. The normalized spacial score (nSPS) is 10.5. The van der Waals surface area contributed by atoms with E-state index in [-0.39, 0.29) is 0 Å². The molecule has 0 fully saturated rings. The number of aryl methyl sites for hydroxylation is 3. The Bertz CT molecular complexity index is 633. The first-order valence-corrected chi connectivity index (χ1v) is 7.52. The molecule has 0 amide bonds. The van der Waals surface area contributed by atoms with Crippen molar-refractivity contribution in [2.45, 2.75) is 33.9 Å². The van der Waals surface area contributed by atoms with Gasteiger partial charge in [0.05, 0.1) is 12.2 Å². The zero-order chi connectivity index (χ0) is 15.4. The van der Waals surface area contributed by atoms with E-state index in [1.807, 2.05) is 28.9 Å². The smallest absolute Gasteiger partial charge is 0.173 e. The first-order valence-electron chi connectivity index (χ1n) is 7.11. The molecular weight excluding hydrogens is 280 g/mol. The Kier molecular flexibility index (Phi) is 4.96. The summed E-state index contributed by atoms with van der Waals surface area (Å²) in [6.07, 6.45) is 1.83. The summed E-state index contributed by atoms with van der Waals surface area (Å²) in [6, 6.07) is 8.34. The van der Waals surface area contributed by atoms with E-state index in [1.165, 1.54) is 11.1 Å². The van der Waals surface area contributed by atoms with Crippen LogP contribution in [0.1, 0.15) is 23.7 Å². The van der Waals surface area contributed by atoms with Crippen molar-refractivity contribution in [2.24, 2.45) is 0 Å². The Balaban J connectivity index is 2.02. The highest BCUT2D eigenvalue weighted by molar-refractivity contribution is 7.80. The molecule has 2 aromatic rings. The van der Waals surface area contributed by atoms with Crippen molar-refractivity contribution in [1.29, 1.82) is 0 Å². The van der Waals surface area contributed by atoms with Gasteiger partial charge in [-0.1, -0.05) is 17.7 Å². The average molecular weight is 302 g/mol. The maximum absolute atomic E-state index is 5.49. The van der Waals surface area contributed by atoms with Gasteiger partial charge in [-0.2, -0.15) is 5.10 Å². The lowest BCUT2D eigenvalue weighted by Gasteiger charge is -2.22. The van der Waals surface area contributed by atoms with E-state index in [1.54, 1.807) is 0 Å². The summed E-state index contributed by atoms with van der Waals surface area (Å²) < 4.78 is 1.98. The van der Waals surface area contributed by atoms with Gasteiger partial charge in [-0.05, 0) is 50.7 Å². The van der Waals surface area contributed by atoms with E-state index in [2.05, 4.69) is 49.4 Å². The topological polar surface area (TPSA) is 33.1 Å². The van der Waals surface area contributed by atoms with Gasteiger partial charge in [-0.15, -0.1) is 0 Å². The van der Waals surface area contributed by atoms with Crippen LogP contribution in [0.5, 0.6) is 0 Å². The number of benzene rings is 1. The molecule has 0 aliphatic carbocycles. The molecule has 0 bridgehead atoms. The van der Waals surface area contributed by atoms with Crippen molar-refractivity contribution in [3.05, 3.63) is 47.3 Å². The van der Waals surface area contributed by atoms with E-state index in [0.717, 1.165) is 24.5 Å². The molecule has 0 atom stereocenters. The van der Waals surface area contributed by atoms with E-state index < -0.39 is 0 Å². The number of aromatic nitrogens is 2. The van der Waals surface area contributed by atoms with Crippen molar-refractivity contribution in [1.82, 2.24) is 14.7 Å². The van der Waals surface area contributed by atoms with E-state index >= 15 is 0 Å². The van der Waals surface area contributed by atoms with Crippen molar-refractivity contribution < 1.29 is 0 Å². The molecule has 0 saturated heterocycles. The molecule has 2 rings (SSSR count). The minimum absolute atomic E-state index is 0.714. The fourth-order valence-corrected chi connectivity index (χ4v) is 2.43. The summed E-state index contributed by atoms with van der Waals surface area (Å²) in [5, 5.41) is 8.31. The van der Waals surface area contributed by atoms with E-state index in [4.69, 9.17) is 12.2 Å². The fourth-order valence-electron chi connectivity index (χ4n) is 2.26. The van der Waals surface area contributed by atoms with Gasteiger partial charge >= 0.3 is 0 Å². The molecule has 1 aromatic heterocycles. The predicted molar refractivity (Wildman–Crippen MR) is 91.5 cm³/mol. The molecule has 0 saturated carbocycles. The van der Waals surface area contributed by atoms with Gasteiger partial charge in [-0.3, -0.25) is 4.68 Å². The first-order chi connectivity index (χ1) is 10.0. The molecule has 1 N–H and O–H groups in total. The molecule has 112 valence electrons. The summed E-state index contributed by atoms with van der Waals surface area (Å²) >= 11 is 5.49. The Labute approximate surface area is 131 Å². The molecular formula is C16H22N4S. The second-order valence-electron chi connectivity index (χ2n) is 5.24. The molecule has 0 aliphatic heterocycles. The van der Waals surface area contributed by atoms with Gasteiger partial charge in [0.1, 0.15) is 0 Å². The SMILES string of the molecule is CCn1nccc1CN(C)C(=S)Nc1ccc(C)cc1C.